The molecule has 1 saturated carbocycles. The number of rotatable bonds is 4. The van der Waals surface area contributed by atoms with Crippen LogP contribution in [0.25, 0.3) is 0 Å². The van der Waals surface area contributed by atoms with Crippen molar-refractivity contribution in [3.05, 3.63) is 40.4 Å². The zero-order chi connectivity index (χ0) is 13.4. The molecule has 100 valence electrons. The number of aromatic nitrogens is 2. The molecule has 19 heavy (non-hydrogen) atoms. The number of benzene rings is 1. The van der Waals surface area contributed by atoms with E-state index in [0.717, 1.165) is 11.1 Å². The van der Waals surface area contributed by atoms with Crippen LogP contribution in [0.15, 0.2) is 18.2 Å². The summed E-state index contributed by atoms with van der Waals surface area (Å²) in [6, 6.07) is 3.32. The molecular weight excluding hydrogens is 268 g/mol. The molecule has 1 N–H and O–H groups in total. The number of anilines is 1. The van der Waals surface area contributed by atoms with Crippen LogP contribution < -0.4 is 5.32 Å². The molecule has 0 bridgehead atoms. The van der Waals surface area contributed by atoms with Crippen LogP contribution in [0.2, 0.25) is 0 Å². The average molecular weight is 281 g/mol. The summed E-state index contributed by atoms with van der Waals surface area (Å²) in [5, 5.41) is 13.0. The minimum atomic E-state index is -0.569. The molecule has 1 unspecified atom stereocenters. The van der Waals surface area contributed by atoms with E-state index in [9.17, 15) is 8.78 Å². The van der Waals surface area contributed by atoms with E-state index in [4.69, 9.17) is 0 Å². The van der Waals surface area contributed by atoms with Crippen LogP contribution in [0.3, 0.4) is 0 Å². The molecule has 1 fully saturated rings. The smallest absolute Gasteiger partial charge is 0.206 e. The molecule has 1 aromatic carbocycles. The van der Waals surface area contributed by atoms with Crippen molar-refractivity contribution in [1.82, 2.24) is 10.2 Å². The molecule has 1 aliphatic carbocycles. The summed E-state index contributed by atoms with van der Waals surface area (Å²) in [5.41, 5.74) is 0.421. The van der Waals surface area contributed by atoms with Crippen molar-refractivity contribution in [1.29, 1.82) is 0 Å². The van der Waals surface area contributed by atoms with Crippen LogP contribution in [-0.4, -0.2) is 10.2 Å². The monoisotopic (exact) mass is 281 g/mol. The fraction of sp³-hybridized carbons (Fsp3) is 0.385. The third-order valence-corrected chi connectivity index (χ3v) is 4.15. The van der Waals surface area contributed by atoms with Crippen LogP contribution in [-0.2, 0) is 0 Å². The van der Waals surface area contributed by atoms with E-state index in [1.807, 2.05) is 6.92 Å². The van der Waals surface area contributed by atoms with Gasteiger partial charge in [-0.15, -0.1) is 10.2 Å². The Balaban J connectivity index is 1.73. The molecule has 3 nitrogen and oxygen atoms in total. The second kappa shape index (κ2) is 4.85. The van der Waals surface area contributed by atoms with Gasteiger partial charge in [-0.05, 0) is 25.8 Å². The SMILES string of the molecule is CC(Nc1nnc(C2CC2)s1)c1ccc(F)cc1F. The van der Waals surface area contributed by atoms with E-state index in [1.165, 1.54) is 36.3 Å². The van der Waals surface area contributed by atoms with E-state index in [0.29, 0.717) is 16.6 Å². The van der Waals surface area contributed by atoms with Gasteiger partial charge in [0, 0.05) is 17.5 Å². The van der Waals surface area contributed by atoms with Crippen LogP contribution in [0.4, 0.5) is 13.9 Å². The average Bonchev–Trinajstić information content (AvgIpc) is 3.10. The molecule has 3 rings (SSSR count). The Kier molecular flexibility index (Phi) is 3.18. The van der Waals surface area contributed by atoms with Crippen molar-refractivity contribution in [2.24, 2.45) is 0 Å². The predicted molar refractivity (Wildman–Crippen MR) is 70.3 cm³/mol. The normalized spacial score (nSPS) is 16.4. The van der Waals surface area contributed by atoms with Crippen molar-refractivity contribution in [2.75, 3.05) is 5.32 Å². The summed E-state index contributed by atoms with van der Waals surface area (Å²) in [5.74, 6) is -0.557. The highest BCUT2D eigenvalue weighted by molar-refractivity contribution is 7.15. The molecule has 0 amide bonds. The number of nitrogens with zero attached hydrogens (tertiary/aromatic N) is 2. The van der Waals surface area contributed by atoms with Gasteiger partial charge >= 0.3 is 0 Å². The molecule has 1 aliphatic rings. The Hall–Kier alpha value is -1.56. The molecule has 1 atom stereocenters. The lowest BCUT2D eigenvalue weighted by Gasteiger charge is -2.13. The summed E-state index contributed by atoms with van der Waals surface area (Å²) >= 11 is 1.51. The fourth-order valence-electron chi connectivity index (χ4n) is 1.90. The lowest BCUT2D eigenvalue weighted by Crippen LogP contribution is -2.08. The molecule has 2 aromatic rings. The van der Waals surface area contributed by atoms with E-state index in [1.54, 1.807) is 0 Å². The van der Waals surface area contributed by atoms with Crippen molar-refractivity contribution in [2.45, 2.75) is 31.7 Å². The second-order valence-corrected chi connectivity index (χ2v) is 5.76. The van der Waals surface area contributed by atoms with E-state index in [-0.39, 0.29) is 6.04 Å². The Morgan fingerprint density at radius 2 is 2.11 bits per heavy atom. The van der Waals surface area contributed by atoms with E-state index in [2.05, 4.69) is 15.5 Å². The molecule has 1 heterocycles. The standard InChI is InChI=1S/C13H13F2N3S/c1-7(10-5-4-9(14)6-11(10)15)16-13-18-17-12(19-13)8-2-3-8/h4-8H,2-3H2,1H3,(H,16,18). The van der Waals surface area contributed by atoms with E-state index < -0.39 is 11.6 Å². The maximum Gasteiger partial charge on any atom is 0.206 e. The minimum absolute atomic E-state index is 0.277. The highest BCUT2D eigenvalue weighted by atomic mass is 32.1. The maximum atomic E-state index is 13.6. The summed E-state index contributed by atoms with van der Waals surface area (Å²) < 4.78 is 26.5. The quantitative estimate of drug-likeness (QED) is 0.924. The van der Waals surface area contributed by atoms with Gasteiger partial charge in [-0.3, -0.25) is 0 Å². The first-order chi connectivity index (χ1) is 9.13. The van der Waals surface area contributed by atoms with Crippen molar-refractivity contribution in [3.8, 4) is 0 Å². The summed E-state index contributed by atoms with van der Waals surface area (Å²) in [6.45, 7) is 1.81. The lowest BCUT2D eigenvalue weighted by atomic mass is 10.1. The first kappa shape index (κ1) is 12.5. The third-order valence-electron chi connectivity index (χ3n) is 3.14. The summed E-state index contributed by atoms with van der Waals surface area (Å²) in [6.07, 6.45) is 2.35. The van der Waals surface area contributed by atoms with Crippen molar-refractivity contribution >= 4 is 16.5 Å². The number of nitrogens with one attached hydrogen (secondary N) is 1. The first-order valence-corrected chi connectivity index (χ1v) is 7.00. The van der Waals surface area contributed by atoms with Crippen LogP contribution in [0.1, 0.15) is 42.3 Å². The molecule has 0 spiro atoms. The second-order valence-electron chi connectivity index (χ2n) is 4.75. The van der Waals surface area contributed by atoms with Crippen LogP contribution in [0, 0.1) is 11.6 Å². The number of hydrogen-bond donors (Lipinski definition) is 1. The molecule has 0 radical (unpaired) electrons. The Morgan fingerprint density at radius 3 is 2.79 bits per heavy atom. The predicted octanol–water partition coefficient (Wildman–Crippen LogP) is 3.87. The van der Waals surface area contributed by atoms with Gasteiger partial charge in [0.15, 0.2) is 0 Å². The van der Waals surface area contributed by atoms with Gasteiger partial charge in [-0.25, -0.2) is 8.78 Å². The van der Waals surface area contributed by atoms with Crippen LogP contribution >= 0.6 is 11.3 Å². The van der Waals surface area contributed by atoms with Crippen molar-refractivity contribution in [3.63, 3.8) is 0 Å². The van der Waals surface area contributed by atoms with Crippen LogP contribution in [0.5, 0.6) is 0 Å². The largest absolute Gasteiger partial charge is 0.353 e. The molecule has 0 aliphatic heterocycles. The van der Waals surface area contributed by atoms with Gasteiger partial charge in [0.05, 0.1) is 6.04 Å². The number of halogens is 2. The Labute approximate surface area is 113 Å². The number of hydrogen-bond acceptors (Lipinski definition) is 4. The molecular formula is C13H13F2N3S. The fourth-order valence-corrected chi connectivity index (χ4v) is 2.90. The topological polar surface area (TPSA) is 37.8 Å². The molecule has 1 aromatic heterocycles. The maximum absolute atomic E-state index is 13.6. The third kappa shape index (κ3) is 2.73. The lowest BCUT2D eigenvalue weighted by molar-refractivity contribution is 0.566. The first-order valence-electron chi connectivity index (χ1n) is 6.18. The highest BCUT2D eigenvalue weighted by Gasteiger charge is 2.27. The summed E-state index contributed by atoms with van der Waals surface area (Å²) in [4.78, 5) is 0. The molecule has 0 saturated heterocycles. The van der Waals surface area contributed by atoms with Gasteiger partial charge in [-0.1, -0.05) is 17.4 Å². The van der Waals surface area contributed by atoms with Gasteiger partial charge in [-0.2, -0.15) is 0 Å². The minimum Gasteiger partial charge on any atom is -0.353 e. The van der Waals surface area contributed by atoms with Gasteiger partial charge in [0.1, 0.15) is 16.6 Å². The zero-order valence-electron chi connectivity index (χ0n) is 10.4. The van der Waals surface area contributed by atoms with E-state index >= 15 is 0 Å². The Morgan fingerprint density at radius 1 is 1.32 bits per heavy atom. The Bertz CT molecular complexity index is 595. The summed E-state index contributed by atoms with van der Waals surface area (Å²) in [7, 11) is 0. The molecule has 6 heteroatoms. The van der Waals surface area contributed by atoms with Crippen molar-refractivity contribution < 1.29 is 8.78 Å². The van der Waals surface area contributed by atoms with Gasteiger partial charge in [0.2, 0.25) is 5.13 Å². The van der Waals surface area contributed by atoms with Gasteiger partial charge in [0.25, 0.3) is 0 Å². The highest BCUT2D eigenvalue weighted by Crippen LogP contribution is 2.42. The van der Waals surface area contributed by atoms with Gasteiger partial charge < -0.3 is 5.32 Å². The zero-order valence-corrected chi connectivity index (χ0v) is 11.2.